The summed E-state index contributed by atoms with van der Waals surface area (Å²) in [4.78, 5) is 26.4. The molecule has 1 aromatic heterocycles. The first kappa shape index (κ1) is 22.3. The first-order valence-corrected chi connectivity index (χ1v) is 10.3. The summed E-state index contributed by atoms with van der Waals surface area (Å²) in [6, 6.07) is 22.4. The van der Waals surface area contributed by atoms with Crippen LogP contribution in [0.4, 0.5) is 0 Å². The number of nitriles is 2. The molecule has 3 aromatic carbocycles. The average molecular weight is 449 g/mol. The lowest BCUT2D eigenvalue weighted by molar-refractivity contribution is 0.0971. The number of aryl methyl sites for hydroxylation is 1. The van der Waals surface area contributed by atoms with Crippen LogP contribution >= 0.6 is 0 Å². The molecule has 0 aliphatic rings. The number of hydrogen-bond acceptors (Lipinski definition) is 6. The van der Waals surface area contributed by atoms with Gasteiger partial charge in [-0.05, 0) is 49.4 Å². The second kappa shape index (κ2) is 9.27. The number of aromatic nitrogens is 3. The number of Topliss-reactive ketones (excluding diaryl/α,β-unsaturated/α-hetero) is 1. The van der Waals surface area contributed by atoms with Gasteiger partial charge in [-0.1, -0.05) is 29.8 Å². The van der Waals surface area contributed by atoms with Crippen LogP contribution in [-0.4, -0.2) is 27.2 Å². The maximum atomic E-state index is 13.4. The second-order valence-corrected chi connectivity index (χ2v) is 7.58. The molecule has 0 aliphatic carbocycles. The van der Waals surface area contributed by atoms with Crippen LogP contribution in [0.1, 0.15) is 27.0 Å². The zero-order valence-electron chi connectivity index (χ0n) is 18.5. The van der Waals surface area contributed by atoms with Crippen molar-refractivity contribution in [2.24, 2.45) is 0 Å². The van der Waals surface area contributed by atoms with Gasteiger partial charge in [-0.15, -0.1) is 5.10 Å². The molecule has 0 bridgehead atoms. The van der Waals surface area contributed by atoms with E-state index in [0.29, 0.717) is 28.4 Å². The largest absolute Gasteiger partial charge is 0.497 e. The van der Waals surface area contributed by atoms with Gasteiger partial charge in [-0.3, -0.25) is 9.36 Å². The number of ketones is 1. The normalized spacial score (nSPS) is 10.4. The lowest BCUT2D eigenvalue weighted by Gasteiger charge is -2.06. The Morgan fingerprint density at radius 1 is 0.971 bits per heavy atom. The van der Waals surface area contributed by atoms with E-state index in [0.717, 1.165) is 10.2 Å². The van der Waals surface area contributed by atoms with E-state index in [9.17, 15) is 20.1 Å². The van der Waals surface area contributed by atoms with Crippen molar-refractivity contribution >= 4 is 5.78 Å². The van der Waals surface area contributed by atoms with Gasteiger partial charge in [0.2, 0.25) is 0 Å². The zero-order chi connectivity index (χ0) is 24.2. The third-order valence-corrected chi connectivity index (χ3v) is 5.37. The number of rotatable bonds is 6. The highest BCUT2D eigenvalue weighted by atomic mass is 16.5. The van der Waals surface area contributed by atoms with Crippen LogP contribution in [0.25, 0.3) is 17.1 Å². The summed E-state index contributed by atoms with van der Waals surface area (Å²) in [5.74, 6) is 0.668. The highest BCUT2D eigenvalue weighted by Gasteiger charge is 2.20. The minimum absolute atomic E-state index is 0.132. The Hall–Kier alpha value is -4.95. The molecule has 0 spiro atoms. The molecule has 0 radical (unpaired) electrons. The molecule has 4 aromatic rings. The third kappa shape index (κ3) is 4.21. The third-order valence-electron chi connectivity index (χ3n) is 5.37. The molecule has 166 valence electrons. The molecule has 0 amide bonds. The average Bonchev–Trinajstić information content (AvgIpc) is 3.19. The number of ether oxygens (including phenoxy) is 1. The Kier molecular flexibility index (Phi) is 6.07. The van der Waals surface area contributed by atoms with Crippen molar-refractivity contribution in [2.45, 2.75) is 13.5 Å². The minimum atomic E-state index is -0.536. The molecule has 1 heterocycles. The molecule has 4 rings (SSSR count). The number of methoxy groups -OCH3 is 1. The summed E-state index contributed by atoms with van der Waals surface area (Å²) >= 11 is 0. The SMILES string of the molecule is COc1ccc(C(=O)Cn2c(-c3ccc(C)cc3)nn(-c3ccc(C#N)c(C#N)c3)c2=O)cc1. The van der Waals surface area contributed by atoms with Crippen LogP contribution < -0.4 is 10.4 Å². The van der Waals surface area contributed by atoms with Crippen LogP contribution in [0.15, 0.2) is 71.5 Å². The molecule has 8 nitrogen and oxygen atoms in total. The summed E-state index contributed by atoms with van der Waals surface area (Å²) in [5.41, 5.74) is 2.26. The van der Waals surface area contributed by atoms with E-state index in [1.807, 2.05) is 43.3 Å². The standard InChI is InChI=1S/C26H19N5O3/c1-17-3-5-19(6-4-17)25-29-31(22-10-7-20(14-27)21(13-22)15-28)26(33)30(25)16-24(32)18-8-11-23(34-2)12-9-18/h3-13H,16H2,1-2H3. The zero-order valence-corrected chi connectivity index (χ0v) is 18.5. The van der Waals surface area contributed by atoms with Crippen molar-refractivity contribution in [3.05, 3.63) is 99.5 Å². The highest BCUT2D eigenvalue weighted by molar-refractivity contribution is 5.96. The number of nitrogens with zero attached hydrogens (tertiary/aromatic N) is 5. The first-order valence-electron chi connectivity index (χ1n) is 10.3. The number of carbonyl (C=O) groups excluding carboxylic acids is 1. The van der Waals surface area contributed by atoms with Crippen LogP contribution in [-0.2, 0) is 6.54 Å². The summed E-state index contributed by atoms with van der Waals surface area (Å²) < 4.78 is 7.58. The molecule has 0 saturated carbocycles. The molecular weight excluding hydrogens is 430 g/mol. The van der Waals surface area contributed by atoms with Gasteiger partial charge in [0.1, 0.15) is 17.9 Å². The molecule has 8 heteroatoms. The highest BCUT2D eigenvalue weighted by Crippen LogP contribution is 2.20. The van der Waals surface area contributed by atoms with Crippen molar-refractivity contribution in [2.75, 3.05) is 7.11 Å². The molecule has 0 saturated heterocycles. The van der Waals surface area contributed by atoms with Gasteiger partial charge < -0.3 is 4.74 Å². The molecule has 0 atom stereocenters. The predicted octanol–water partition coefficient (Wildman–Crippen LogP) is 3.64. The van der Waals surface area contributed by atoms with Gasteiger partial charge in [-0.2, -0.15) is 15.2 Å². The van der Waals surface area contributed by atoms with Crippen LogP contribution in [0.2, 0.25) is 0 Å². The van der Waals surface area contributed by atoms with Gasteiger partial charge in [0.15, 0.2) is 11.6 Å². The van der Waals surface area contributed by atoms with E-state index in [1.54, 1.807) is 37.4 Å². The number of hydrogen-bond donors (Lipinski definition) is 0. The van der Waals surface area contributed by atoms with Crippen molar-refractivity contribution in [3.63, 3.8) is 0 Å². The van der Waals surface area contributed by atoms with Crippen LogP contribution in [0.3, 0.4) is 0 Å². The number of benzene rings is 3. The lowest BCUT2D eigenvalue weighted by Crippen LogP contribution is -2.27. The monoisotopic (exact) mass is 449 g/mol. The number of carbonyl (C=O) groups is 1. The van der Waals surface area contributed by atoms with E-state index in [4.69, 9.17) is 4.74 Å². The summed E-state index contributed by atoms with van der Waals surface area (Å²) in [6.45, 7) is 1.72. The van der Waals surface area contributed by atoms with Gasteiger partial charge in [-0.25, -0.2) is 4.79 Å². The Morgan fingerprint density at radius 3 is 2.26 bits per heavy atom. The molecule has 0 fully saturated rings. The maximum absolute atomic E-state index is 13.4. The van der Waals surface area contributed by atoms with Gasteiger partial charge in [0.25, 0.3) is 0 Å². The van der Waals surface area contributed by atoms with Crippen molar-refractivity contribution in [1.29, 1.82) is 10.5 Å². The summed E-state index contributed by atoms with van der Waals surface area (Å²) in [6.07, 6.45) is 0. The second-order valence-electron chi connectivity index (χ2n) is 7.58. The minimum Gasteiger partial charge on any atom is -0.497 e. The predicted molar refractivity (Wildman–Crippen MR) is 125 cm³/mol. The summed E-state index contributed by atoms with van der Waals surface area (Å²) in [5, 5.41) is 23.0. The van der Waals surface area contributed by atoms with E-state index in [1.165, 1.54) is 16.7 Å². The Bertz CT molecular complexity index is 1520. The van der Waals surface area contributed by atoms with Crippen molar-refractivity contribution in [1.82, 2.24) is 14.3 Å². The first-order chi connectivity index (χ1) is 16.4. The van der Waals surface area contributed by atoms with E-state index < -0.39 is 5.69 Å². The molecule has 0 aliphatic heterocycles. The lowest BCUT2D eigenvalue weighted by atomic mass is 10.1. The Labute approximate surface area is 195 Å². The fraction of sp³-hybridized carbons (Fsp3) is 0.115. The molecule has 0 unspecified atom stereocenters. The molecule has 34 heavy (non-hydrogen) atoms. The van der Waals surface area contributed by atoms with Crippen molar-refractivity contribution < 1.29 is 9.53 Å². The fourth-order valence-corrected chi connectivity index (χ4v) is 3.49. The van der Waals surface area contributed by atoms with Gasteiger partial charge in [0, 0.05) is 11.1 Å². The van der Waals surface area contributed by atoms with Crippen molar-refractivity contribution in [3.8, 4) is 35.0 Å². The smallest absolute Gasteiger partial charge is 0.351 e. The topological polar surface area (TPSA) is 114 Å². The van der Waals surface area contributed by atoms with E-state index in [-0.39, 0.29) is 23.5 Å². The fourth-order valence-electron chi connectivity index (χ4n) is 3.49. The maximum Gasteiger partial charge on any atom is 0.351 e. The van der Waals surface area contributed by atoms with E-state index >= 15 is 0 Å². The molecular formula is C26H19N5O3. The quantitative estimate of drug-likeness (QED) is 0.415. The Balaban J connectivity index is 1.83. The summed E-state index contributed by atoms with van der Waals surface area (Å²) in [7, 11) is 1.54. The van der Waals surface area contributed by atoms with E-state index in [2.05, 4.69) is 5.10 Å². The van der Waals surface area contributed by atoms with Gasteiger partial charge >= 0.3 is 5.69 Å². The van der Waals surface area contributed by atoms with Crippen LogP contribution in [0.5, 0.6) is 5.75 Å². The van der Waals surface area contributed by atoms with Gasteiger partial charge in [0.05, 0.1) is 30.5 Å². The van der Waals surface area contributed by atoms with Crippen LogP contribution in [0, 0.1) is 29.6 Å². The Morgan fingerprint density at radius 2 is 1.65 bits per heavy atom. The molecule has 0 N–H and O–H groups in total.